The van der Waals surface area contributed by atoms with Crippen molar-refractivity contribution in [3.8, 4) is 0 Å². The molecule has 1 aromatic rings. The van der Waals surface area contributed by atoms with Gasteiger partial charge in [0.1, 0.15) is 0 Å². The van der Waals surface area contributed by atoms with Gasteiger partial charge in [0, 0.05) is 18.0 Å². The molecule has 100 valence electrons. The third kappa shape index (κ3) is 3.50. The minimum Gasteiger partial charge on any atom is -0.481 e. The maximum absolute atomic E-state index is 13.6. The minimum absolute atomic E-state index is 0.0416. The van der Waals surface area contributed by atoms with Gasteiger partial charge in [0.05, 0.1) is 0 Å². The molecule has 5 heteroatoms. The number of carbonyl (C=O) groups is 1. The van der Waals surface area contributed by atoms with Crippen molar-refractivity contribution < 1.29 is 18.7 Å². The number of carboxylic acids is 1. The van der Waals surface area contributed by atoms with E-state index in [1.54, 1.807) is 0 Å². The van der Waals surface area contributed by atoms with Crippen molar-refractivity contribution in [1.29, 1.82) is 0 Å². The number of carboxylic acid groups (broad SMARTS) is 1. The number of hydrogen-bond acceptors (Lipinski definition) is 2. The van der Waals surface area contributed by atoms with Crippen LogP contribution < -0.4 is 5.73 Å². The monoisotopic (exact) mass is 257 g/mol. The first-order chi connectivity index (χ1) is 8.32. The fraction of sp³-hybridized carbons (Fsp3) is 0.462. The van der Waals surface area contributed by atoms with Gasteiger partial charge in [0.15, 0.2) is 11.6 Å². The number of nitrogens with two attached hydrogens (primary N) is 1. The Morgan fingerprint density at radius 3 is 2.50 bits per heavy atom. The van der Waals surface area contributed by atoms with Gasteiger partial charge in [-0.05, 0) is 24.0 Å². The van der Waals surface area contributed by atoms with Crippen LogP contribution in [-0.2, 0) is 4.79 Å². The second-order valence-corrected chi connectivity index (χ2v) is 4.60. The maximum Gasteiger partial charge on any atom is 0.303 e. The Labute approximate surface area is 105 Å². The fourth-order valence-corrected chi connectivity index (χ4v) is 1.67. The van der Waals surface area contributed by atoms with Crippen molar-refractivity contribution in [3.05, 3.63) is 34.9 Å². The predicted molar refractivity (Wildman–Crippen MR) is 64.2 cm³/mol. The normalized spacial score (nSPS) is 12.8. The molecule has 0 spiro atoms. The van der Waals surface area contributed by atoms with Gasteiger partial charge in [-0.1, -0.05) is 19.9 Å². The van der Waals surface area contributed by atoms with Crippen LogP contribution in [0.25, 0.3) is 0 Å². The summed E-state index contributed by atoms with van der Waals surface area (Å²) in [6, 6.07) is 1.84. The highest BCUT2D eigenvalue weighted by molar-refractivity contribution is 5.66. The quantitative estimate of drug-likeness (QED) is 0.852. The number of aliphatic carboxylic acids is 1. The summed E-state index contributed by atoms with van der Waals surface area (Å²) >= 11 is 0. The molecule has 0 saturated carbocycles. The zero-order valence-electron chi connectivity index (χ0n) is 10.4. The average Bonchev–Trinajstić information content (AvgIpc) is 2.29. The Bertz CT molecular complexity index is 447. The van der Waals surface area contributed by atoms with Gasteiger partial charge < -0.3 is 10.8 Å². The molecular formula is C13H17F2NO2. The molecule has 1 rings (SSSR count). The summed E-state index contributed by atoms with van der Waals surface area (Å²) in [6.07, 6.45) is -0.0959. The molecule has 0 aromatic heterocycles. The zero-order valence-corrected chi connectivity index (χ0v) is 10.4. The molecule has 0 saturated heterocycles. The van der Waals surface area contributed by atoms with Gasteiger partial charge >= 0.3 is 5.97 Å². The molecule has 1 atom stereocenters. The van der Waals surface area contributed by atoms with E-state index in [-0.39, 0.29) is 24.3 Å². The standard InChI is InChI=1S/C13H17F2NO2/c1-7(2)8-5-9(13(15)10(14)6-8)11(16)3-4-12(17)18/h5-7,11H,3-4,16H2,1-2H3,(H,17,18). The molecule has 3 N–H and O–H groups in total. The van der Waals surface area contributed by atoms with E-state index >= 15 is 0 Å². The summed E-state index contributed by atoms with van der Waals surface area (Å²) in [5.41, 5.74) is 6.40. The zero-order chi connectivity index (χ0) is 13.9. The number of hydrogen-bond donors (Lipinski definition) is 2. The van der Waals surface area contributed by atoms with E-state index in [0.717, 1.165) is 6.07 Å². The highest BCUT2D eigenvalue weighted by atomic mass is 19.2. The van der Waals surface area contributed by atoms with Crippen molar-refractivity contribution in [2.45, 2.75) is 38.6 Å². The molecule has 0 aliphatic rings. The maximum atomic E-state index is 13.6. The molecule has 0 fully saturated rings. The van der Waals surface area contributed by atoms with Gasteiger partial charge in [-0.25, -0.2) is 8.78 Å². The molecule has 1 aromatic carbocycles. The fourth-order valence-electron chi connectivity index (χ4n) is 1.67. The van der Waals surface area contributed by atoms with E-state index in [2.05, 4.69) is 0 Å². The van der Waals surface area contributed by atoms with Crippen molar-refractivity contribution in [1.82, 2.24) is 0 Å². The molecule has 0 aliphatic carbocycles. The molecule has 0 amide bonds. The van der Waals surface area contributed by atoms with E-state index in [9.17, 15) is 13.6 Å². The predicted octanol–water partition coefficient (Wildman–Crippen LogP) is 2.95. The first kappa shape index (κ1) is 14.6. The summed E-state index contributed by atoms with van der Waals surface area (Å²) in [5.74, 6) is -2.89. The smallest absolute Gasteiger partial charge is 0.303 e. The average molecular weight is 257 g/mol. The first-order valence-electron chi connectivity index (χ1n) is 5.79. The van der Waals surface area contributed by atoms with Crippen LogP contribution in [-0.4, -0.2) is 11.1 Å². The third-order valence-electron chi connectivity index (χ3n) is 2.81. The van der Waals surface area contributed by atoms with Crippen LogP contribution in [0.2, 0.25) is 0 Å². The Kier molecular flexibility index (Phi) is 4.78. The highest BCUT2D eigenvalue weighted by Crippen LogP contribution is 2.26. The Hall–Kier alpha value is -1.49. The summed E-state index contributed by atoms with van der Waals surface area (Å²) in [5, 5.41) is 8.55. The Morgan fingerprint density at radius 2 is 2.00 bits per heavy atom. The van der Waals surface area contributed by atoms with Crippen LogP contribution in [0.5, 0.6) is 0 Å². The van der Waals surface area contributed by atoms with E-state index in [0.29, 0.717) is 5.56 Å². The van der Waals surface area contributed by atoms with Crippen molar-refractivity contribution in [2.75, 3.05) is 0 Å². The van der Waals surface area contributed by atoms with Crippen molar-refractivity contribution in [2.24, 2.45) is 5.73 Å². The van der Waals surface area contributed by atoms with Crippen LogP contribution in [0.4, 0.5) is 8.78 Å². The van der Waals surface area contributed by atoms with Crippen LogP contribution in [0, 0.1) is 11.6 Å². The van der Waals surface area contributed by atoms with Gasteiger partial charge in [-0.15, -0.1) is 0 Å². The Balaban J connectivity index is 3.02. The number of benzene rings is 1. The topological polar surface area (TPSA) is 63.3 Å². The second-order valence-electron chi connectivity index (χ2n) is 4.60. The molecule has 0 bridgehead atoms. The molecule has 18 heavy (non-hydrogen) atoms. The van der Waals surface area contributed by atoms with Crippen LogP contribution in [0.1, 0.15) is 49.8 Å². The summed E-state index contributed by atoms with van der Waals surface area (Å²) < 4.78 is 27.0. The SMILES string of the molecule is CC(C)c1cc(F)c(F)c(C(N)CCC(=O)O)c1. The molecule has 1 unspecified atom stereocenters. The Morgan fingerprint density at radius 1 is 1.39 bits per heavy atom. The molecule has 0 aliphatic heterocycles. The molecular weight excluding hydrogens is 240 g/mol. The van der Waals surface area contributed by atoms with E-state index in [1.165, 1.54) is 6.07 Å². The third-order valence-corrected chi connectivity index (χ3v) is 2.81. The number of halogens is 2. The van der Waals surface area contributed by atoms with E-state index in [4.69, 9.17) is 10.8 Å². The summed E-state index contributed by atoms with van der Waals surface area (Å²) in [6.45, 7) is 3.72. The van der Waals surface area contributed by atoms with Gasteiger partial charge in [0.25, 0.3) is 0 Å². The second kappa shape index (κ2) is 5.91. The summed E-state index contributed by atoms with van der Waals surface area (Å²) in [4.78, 5) is 10.4. The lowest BCUT2D eigenvalue weighted by atomic mass is 9.95. The van der Waals surface area contributed by atoms with Crippen molar-refractivity contribution in [3.63, 3.8) is 0 Å². The van der Waals surface area contributed by atoms with E-state index < -0.39 is 23.6 Å². The minimum atomic E-state index is -1.01. The lowest BCUT2D eigenvalue weighted by Gasteiger charge is -2.15. The highest BCUT2D eigenvalue weighted by Gasteiger charge is 2.18. The molecule has 3 nitrogen and oxygen atoms in total. The van der Waals surface area contributed by atoms with Gasteiger partial charge in [-0.2, -0.15) is 0 Å². The number of rotatable bonds is 5. The van der Waals surface area contributed by atoms with Crippen LogP contribution >= 0.6 is 0 Å². The lowest BCUT2D eigenvalue weighted by molar-refractivity contribution is -0.137. The first-order valence-corrected chi connectivity index (χ1v) is 5.79. The summed E-state index contributed by atoms with van der Waals surface area (Å²) in [7, 11) is 0. The van der Waals surface area contributed by atoms with Gasteiger partial charge in [-0.3, -0.25) is 4.79 Å². The van der Waals surface area contributed by atoms with Gasteiger partial charge in [0.2, 0.25) is 0 Å². The molecule has 0 radical (unpaired) electrons. The van der Waals surface area contributed by atoms with Crippen molar-refractivity contribution >= 4 is 5.97 Å². The lowest BCUT2D eigenvalue weighted by Crippen LogP contribution is -2.15. The van der Waals surface area contributed by atoms with E-state index in [1.807, 2.05) is 13.8 Å². The largest absolute Gasteiger partial charge is 0.481 e. The molecule has 0 heterocycles. The van der Waals surface area contributed by atoms with Crippen LogP contribution in [0.15, 0.2) is 12.1 Å². The van der Waals surface area contributed by atoms with Crippen LogP contribution in [0.3, 0.4) is 0 Å².